The van der Waals surface area contributed by atoms with Gasteiger partial charge in [0.25, 0.3) is 5.91 Å². The normalized spacial score (nSPS) is 20.5. The van der Waals surface area contributed by atoms with E-state index in [4.69, 9.17) is 17.0 Å². The summed E-state index contributed by atoms with van der Waals surface area (Å²) in [6.45, 7) is 5.46. The Bertz CT molecular complexity index is 632. The number of imide groups is 1. The zero-order valence-electron chi connectivity index (χ0n) is 13.5. The van der Waals surface area contributed by atoms with Crippen molar-refractivity contribution in [2.24, 2.45) is 0 Å². The van der Waals surface area contributed by atoms with E-state index in [2.05, 4.69) is 16.1 Å². The second kappa shape index (κ2) is 6.41. The maximum Gasteiger partial charge on any atom is 0.344 e. The zero-order chi connectivity index (χ0) is 17.2. The van der Waals surface area contributed by atoms with Gasteiger partial charge in [-0.1, -0.05) is 12.1 Å². The Morgan fingerprint density at radius 2 is 1.91 bits per heavy atom. The first-order valence-corrected chi connectivity index (χ1v) is 7.57. The molecule has 23 heavy (non-hydrogen) atoms. The summed E-state index contributed by atoms with van der Waals surface area (Å²) in [7, 11) is 1.56. The third-order valence-electron chi connectivity index (χ3n) is 3.49. The largest absolute Gasteiger partial charge is 0.497 e. The second-order valence-electron chi connectivity index (χ2n) is 5.66. The van der Waals surface area contributed by atoms with Gasteiger partial charge in [0.05, 0.1) is 7.11 Å². The fraction of sp³-hybridized carbons (Fsp3) is 0.400. The van der Waals surface area contributed by atoms with Crippen molar-refractivity contribution in [3.63, 3.8) is 0 Å². The van der Waals surface area contributed by atoms with Crippen LogP contribution in [0.1, 0.15) is 26.3 Å². The van der Waals surface area contributed by atoms with E-state index < -0.39 is 17.5 Å². The van der Waals surface area contributed by atoms with E-state index in [9.17, 15) is 9.59 Å². The quantitative estimate of drug-likeness (QED) is 0.567. The lowest BCUT2D eigenvalue weighted by molar-refractivity contribution is -0.132. The van der Waals surface area contributed by atoms with Gasteiger partial charge in [-0.2, -0.15) is 5.01 Å². The van der Waals surface area contributed by atoms with Crippen LogP contribution in [0, 0.1) is 0 Å². The average Bonchev–Trinajstić information content (AvgIpc) is 2.71. The Morgan fingerprint density at radius 1 is 1.30 bits per heavy atom. The molecule has 0 aliphatic carbocycles. The predicted molar refractivity (Wildman–Crippen MR) is 89.7 cm³/mol. The van der Waals surface area contributed by atoms with Gasteiger partial charge in [-0.3, -0.25) is 10.2 Å². The summed E-state index contributed by atoms with van der Waals surface area (Å²) < 4.78 is 5.10. The Hall–Kier alpha value is -2.35. The molecule has 0 spiro atoms. The highest BCUT2D eigenvalue weighted by atomic mass is 32.1. The summed E-state index contributed by atoms with van der Waals surface area (Å²) in [5, 5.41) is 6.71. The number of nitrogens with one attached hydrogen (secondary N) is 3. The van der Waals surface area contributed by atoms with Gasteiger partial charge < -0.3 is 15.4 Å². The van der Waals surface area contributed by atoms with Gasteiger partial charge in [-0.15, -0.1) is 0 Å². The van der Waals surface area contributed by atoms with Gasteiger partial charge in [-0.25, -0.2) is 4.79 Å². The molecule has 2 rings (SSSR count). The van der Waals surface area contributed by atoms with Crippen LogP contribution < -0.4 is 20.8 Å². The highest BCUT2D eigenvalue weighted by Crippen LogP contribution is 2.29. The van der Waals surface area contributed by atoms with Crippen molar-refractivity contribution in [3.05, 3.63) is 29.8 Å². The van der Waals surface area contributed by atoms with Crippen molar-refractivity contribution in [1.29, 1.82) is 0 Å². The van der Waals surface area contributed by atoms with Gasteiger partial charge in [-0.05, 0) is 50.7 Å². The number of carbonyl (C=O) groups excluding carboxylic acids is 2. The Morgan fingerprint density at radius 3 is 2.43 bits per heavy atom. The molecule has 1 aliphatic heterocycles. The fourth-order valence-corrected chi connectivity index (χ4v) is 2.58. The third kappa shape index (κ3) is 3.37. The minimum atomic E-state index is -1.16. The lowest BCUT2D eigenvalue weighted by Crippen LogP contribution is -2.52. The van der Waals surface area contributed by atoms with Crippen LogP contribution in [0.2, 0.25) is 0 Å². The first-order chi connectivity index (χ1) is 10.8. The van der Waals surface area contributed by atoms with Crippen molar-refractivity contribution in [2.75, 3.05) is 7.11 Å². The highest BCUT2D eigenvalue weighted by Gasteiger charge is 2.49. The van der Waals surface area contributed by atoms with Gasteiger partial charge in [0, 0.05) is 6.04 Å². The summed E-state index contributed by atoms with van der Waals surface area (Å²) in [6.07, 6.45) is 0. The van der Waals surface area contributed by atoms with Crippen LogP contribution in [0.15, 0.2) is 24.3 Å². The molecule has 1 fully saturated rings. The molecule has 1 heterocycles. The lowest BCUT2D eigenvalue weighted by Gasteiger charge is -2.23. The first kappa shape index (κ1) is 17.0. The number of hydrogen-bond donors (Lipinski definition) is 3. The molecule has 1 aromatic carbocycles. The molecule has 1 atom stereocenters. The van der Waals surface area contributed by atoms with Crippen molar-refractivity contribution in [1.82, 2.24) is 21.1 Å². The van der Waals surface area contributed by atoms with Gasteiger partial charge >= 0.3 is 6.03 Å². The molecule has 1 aromatic rings. The predicted octanol–water partition coefficient (Wildman–Crippen LogP) is 1.25. The van der Waals surface area contributed by atoms with Crippen molar-refractivity contribution in [3.8, 4) is 5.75 Å². The van der Waals surface area contributed by atoms with Crippen LogP contribution >= 0.6 is 12.2 Å². The Labute approximate surface area is 140 Å². The number of rotatable bonds is 4. The zero-order valence-corrected chi connectivity index (χ0v) is 14.3. The molecule has 0 saturated carbocycles. The topological polar surface area (TPSA) is 82.7 Å². The minimum absolute atomic E-state index is 0.0868. The number of methoxy groups -OCH3 is 1. The summed E-state index contributed by atoms with van der Waals surface area (Å²) in [6, 6.07) is 6.49. The van der Waals surface area contributed by atoms with Crippen molar-refractivity contribution in [2.45, 2.75) is 32.4 Å². The van der Waals surface area contributed by atoms with Crippen LogP contribution in [0.25, 0.3) is 0 Å². The Balaban J connectivity index is 2.20. The van der Waals surface area contributed by atoms with Crippen LogP contribution in [0.3, 0.4) is 0 Å². The lowest BCUT2D eigenvalue weighted by atomic mass is 9.92. The van der Waals surface area contributed by atoms with E-state index in [-0.39, 0.29) is 11.2 Å². The van der Waals surface area contributed by atoms with E-state index in [1.54, 1.807) is 38.3 Å². The SMILES string of the molecule is COc1ccc([C@@]2(C)NC(=O)N(NC(=S)NC(C)C)C2=O)cc1. The molecule has 124 valence electrons. The summed E-state index contributed by atoms with van der Waals surface area (Å²) in [5.41, 5.74) is 2.12. The van der Waals surface area contributed by atoms with E-state index >= 15 is 0 Å². The number of hydrazine groups is 1. The van der Waals surface area contributed by atoms with E-state index in [0.717, 1.165) is 5.01 Å². The van der Waals surface area contributed by atoms with E-state index in [1.807, 2.05) is 13.8 Å². The average molecular weight is 336 g/mol. The fourth-order valence-electron chi connectivity index (χ4n) is 2.26. The number of nitrogens with zero attached hydrogens (tertiary/aromatic N) is 1. The third-order valence-corrected chi connectivity index (χ3v) is 3.70. The number of hydrogen-bond acceptors (Lipinski definition) is 4. The second-order valence-corrected chi connectivity index (χ2v) is 6.07. The number of benzene rings is 1. The van der Waals surface area contributed by atoms with Gasteiger partial charge in [0.15, 0.2) is 5.11 Å². The number of ether oxygens (including phenoxy) is 1. The van der Waals surface area contributed by atoms with E-state index in [1.165, 1.54) is 0 Å². The van der Waals surface area contributed by atoms with Crippen LogP contribution in [0.5, 0.6) is 5.75 Å². The highest BCUT2D eigenvalue weighted by molar-refractivity contribution is 7.80. The molecule has 1 aliphatic rings. The summed E-state index contributed by atoms with van der Waals surface area (Å²) in [5.74, 6) is 0.243. The minimum Gasteiger partial charge on any atom is -0.497 e. The molecule has 8 heteroatoms. The smallest absolute Gasteiger partial charge is 0.344 e. The molecule has 7 nitrogen and oxygen atoms in total. The molecule has 3 amide bonds. The number of urea groups is 1. The van der Waals surface area contributed by atoms with Crippen LogP contribution in [0.4, 0.5) is 4.79 Å². The molecule has 0 radical (unpaired) electrons. The molecular weight excluding hydrogens is 316 g/mol. The van der Waals surface area contributed by atoms with Gasteiger partial charge in [0.1, 0.15) is 11.3 Å². The molecule has 1 saturated heterocycles. The maximum absolute atomic E-state index is 12.7. The molecular formula is C15H20N4O3S. The van der Waals surface area contributed by atoms with Crippen molar-refractivity contribution < 1.29 is 14.3 Å². The molecule has 3 N–H and O–H groups in total. The van der Waals surface area contributed by atoms with Crippen LogP contribution in [-0.2, 0) is 10.3 Å². The van der Waals surface area contributed by atoms with E-state index in [0.29, 0.717) is 11.3 Å². The van der Waals surface area contributed by atoms with Crippen LogP contribution in [-0.4, -0.2) is 35.2 Å². The monoisotopic (exact) mass is 336 g/mol. The number of amides is 3. The standard InChI is InChI=1S/C15H20N4O3S/c1-9(2)16-13(23)18-19-12(20)15(3,17-14(19)21)10-5-7-11(22-4)8-6-10/h5-9H,1-4H3,(H,17,21)(H2,16,18,23)/t15-/m1/s1. The van der Waals surface area contributed by atoms with Crippen molar-refractivity contribution >= 4 is 29.3 Å². The molecule has 0 aromatic heterocycles. The first-order valence-electron chi connectivity index (χ1n) is 7.16. The molecule has 0 bridgehead atoms. The van der Waals surface area contributed by atoms with Gasteiger partial charge in [0.2, 0.25) is 0 Å². The summed E-state index contributed by atoms with van der Waals surface area (Å²) >= 11 is 5.08. The molecule has 0 unspecified atom stereocenters. The Kier molecular flexibility index (Phi) is 4.74. The number of thiocarbonyl (C=S) groups is 1. The number of carbonyl (C=O) groups is 2. The summed E-state index contributed by atoms with van der Waals surface area (Å²) in [4.78, 5) is 24.8. The maximum atomic E-state index is 12.7.